The largest absolute Gasteiger partial charge is 0.347 e. The molecule has 1 aromatic heterocycles. The van der Waals surface area contributed by atoms with Gasteiger partial charge < -0.3 is 16.0 Å². The van der Waals surface area contributed by atoms with E-state index in [9.17, 15) is 9.59 Å². The first-order chi connectivity index (χ1) is 10.1. The van der Waals surface area contributed by atoms with Gasteiger partial charge in [-0.05, 0) is 19.1 Å². The second-order valence-electron chi connectivity index (χ2n) is 4.97. The lowest BCUT2D eigenvalue weighted by Gasteiger charge is -2.26. The maximum atomic E-state index is 11.7. The average molecular weight is 291 g/mol. The molecule has 1 fully saturated rings. The van der Waals surface area contributed by atoms with Crippen LogP contribution in [0.4, 0.5) is 5.82 Å². The Bertz CT molecular complexity index is 500. The summed E-state index contributed by atoms with van der Waals surface area (Å²) in [5.74, 6) is -0.931. The van der Waals surface area contributed by atoms with Gasteiger partial charge in [0.15, 0.2) is 0 Å². The van der Waals surface area contributed by atoms with Crippen molar-refractivity contribution >= 4 is 17.6 Å². The highest BCUT2D eigenvalue weighted by Gasteiger charge is 2.15. The Hall–Kier alpha value is -1.99. The van der Waals surface area contributed by atoms with E-state index in [1.165, 1.54) is 0 Å². The van der Waals surface area contributed by atoms with E-state index in [1.54, 1.807) is 12.1 Å². The topological polar surface area (TPSA) is 86.4 Å². The quantitative estimate of drug-likeness (QED) is 0.642. The van der Waals surface area contributed by atoms with E-state index in [-0.39, 0.29) is 0 Å². The summed E-state index contributed by atoms with van der Waals surface area (Å²) in [5, 5.41) is 8.37. The summed E-state index contributed by atoms with van der Waals surface area (Å²) in [6, 6.07) is 5.25. The van der Waals surface area contributed by atoms with Crippen molar-refractivity contribution in [2.75, 3.05) is 44.6 Å². The van der Waals surface area contributed by atoms with Gasteiger partial charge in [-0.1, -0.05) is 6.07 Å². The van der Waals surface area contributed by atoms with Crippen molar-refractivity contribution in [3.8, 4) is 0 Å². The summed E-state index contributed by atoms with van der Waals surface area (Å²) in [6.45, 7) is 6.91. The number of hydrogen-bond donors (Lipinski definition) is 3. The number of carbonyl (C=O) groups is 2. The zero-order chi connectivity index (χ0) is 15.1. The van der Waals surface area contributed by atoms with Gasteiger partial charge in [0.2, 0.25) is 0 Å². The molecule has 0 atom stereocenters. The minimum absolute atomic E-state index is 0.386. The third kappa shape index (κ3) is 5.13. The molecule has 114 valence electrons. The number of aromatic nitrogens is 1. The zero-order valence-electron chi connectivity index (χ0n) is 12.2. The van der Waals surface area contributed by atoms with E-state index in [2.05, 4.69) is 25.8 Å². The lowest BCUT2D eigenvalue weighted by atomic mass is 10.3. The molecule has 0 unspecified atom stereocenters. The van der Waals surface area contributed by atoms with E-state index in [1.807, 2.05) is 13.0 Å². The van der Waals surface area contributed by atoms with Gasteiger partial charge in [-0.25, -0.2) is 4.98 Å². The standard InChI is InChI=1S/C14H21N5O2/c1-11-3-2-4-12(17-11)18-14(21)13(20)16-7-10-19-8-5-15-6-9-19/h2-4,15H,5-10H2,1H3,(H,16,20)(H,17,18,21). The summed E-state index contributed by atoms with van der Waals surface area (Å²) in [5.41, 5.74) is 0.784. The molecule has 7 heteroatoms. The highest BCUT2D eigenvalue weighted by Crippen LogP contribution is 2.03. The van der Waals surface area contributed by atoms with Crippen molar-refractivity contribution in [2.45, 2.75) is 6.92 Å². The fourth-order valence-corrected chi connectivity index (χ4v) is 2.13. The molecule has 0 radical (unpaired) electrons. The predicted molar refractivity (Wildman–Crippen MR) is 79.9 cm³/mol. The number of aryl methyl sites for hydroxylation is 1. The molecule has 0 bridgehead atoms. The Balaban J connectivity index is 1.71. The molecular formula is C14H21N5O2. The number of nitrogens with one attached hydrogen (secondary N) is 3. The number of pyridine rings is 1. The fourth-order valence-electron chi connectivity index (χ4n) is 2.13. The van der Waals surface area contributed by atoms with E-state index in [0.29, 0.717) is 12.4 Å². The maximum Gasteiger partial charge on any atom is 0.314 e. The zero-order valence-corrected chi connectivity index (χ0v) is 12.2. The summed E-state index contributed by atoms with van der Waals surface area (Å²) < 4.78 is 0. The minimum Gasteiger partial charge on any atom is -0.347 e. The Morgan fingerprint density at radius 2 is 2.05 bits per heavy atom. The van der Waals surface area contributed by atoms with Crippen molar-refractivity contribution in [3.63, 3.8) is 0 Å². The Morgan fingerprint density at radius 1 is 1.29 bits per heavy atom. The van der Waals surface area contributed by atoms with Gasteiger partial charge >= 0.3 is 11.8 Å². The van der Waals surface area contributed by atoms with Gasteiger partial charge in [-0.15, -0.1) is 0 Å². The molecular weight excluding hydrogens is 270 g/mol. The van der Waals surface area contributed by atoms with E-state index in [0.717, 1.165) is 38.4 Å². The number of anilines is 1. The lowest BCUT2D eigenvalue weighted by Crippen LogP contribution is -2.47. The van der Waals surface area contributed by atoms with Crippen LogP contribution in [-0.2, 0) is 9.59 Å². The summed E-state index contributed by atoms with van der Waals surface area (Å²) in [4.78, 5) is 29.8. The van der Waals surface area contributed by atoms with Gasteiger partial charge in [-0.2, -0.15) is 0 Å². The smallest absolute Gasteiger partial charge is 0.314 e. The molecule has 2 rings (SSSR count). The monoisotopic (exact) mass is 291 g/mol. The number of carbonyl (C=O) groups excluding carboxylic acids is 2. The fraction of sp³-hybridized carbons (Fsp3) is 0.500. The van der Waals surface area contributed by atoms with Crippen LogP contribution >= 0.6 is 0 Å². The lowest BCUT2D eigenvalue weighted by molar-refractivity contribution is -0.136. The third-order valence-corrected chi connectivity index (χ3v) is 3.26. The molecule has 1 aromatic rings. The van der Waals surface area contributed by atoms with Crippen LogP contribution in [0, 0.1) is 6.92 Å². The van der Waals surface area contributed by atoms with Crippen LogP contribution in [0.25, 0.3) is 0 Å². The number of nitrogens with zero attached hydrogens (tertiary/aromatic N) is 2. The van der Waals surface area contributed by atoms with E-state index < -0.39 is 11.8 Å². The minimum atomic E-state index is -0.687. The average Bonchev–Trinajstić information content (AvgIpc) is 2.48. The van der Waals surface area contributed by atoms with Crippen molar-refractivity contribution < 1.29 is 9.59 Å². The molecule has 1 aliphatic rings. The first kappa shape index (κ1) is 15.4. The molecule has 0 spiro atoms. The number of piperazine rings is 1. The molecule has 0 aliphatic carbocycles. The SMILES string of the molecule is Cc1cccc(NC(=O)C(=O)NCCN2CCNCC2)n1. The van der Waals surface area contributed by atoms with Crippen molar-refractivity contribution in [1.82, 2.24) is 20.5 Å². The first-order valence-electron chi connectivity index (χ1n) is 7.11. The van der Waals surface area contributed by atoms with Crippen LogP contribution in [0.3, 0.4) is 0 Å². The maximum absolute atomic E-state index is 11.7. The van der Waals surface area contributed by atoms with Crippen LogP contribution in [0.2, 0.25) is 0 Å². The molecule has 2 amide bonds. The van der Waals surface area contributed by atoms with Gasteiger partial charge in [0.25, 0.3) is 0 Å². The Kier molecular flexibility index (Phi) is 5.65. The van der Waals surface area contributed by atoms with Gasteiger partial charge in [0, 0.05) is 45.0 Å². The molecule has 0 aromatic carbocycles. The van der Waals surface area contributed by atoms with Crippen LogP contribution in [-0.4, -0.2) is 61.0 Å². The van der Waals surface area contributed by atoms with Crippen molar-refractivity contribution in [2.24, 2.45) is 0 Å². The molecule has 1 saturated heterocycles. The molecule has 3 N–H and O–H groups in total. The Labute approximate surface area is 124 Å². The predicted octanol–water partition coefficient (Wildman–Crippen LogP) is -0.650. The van der Waals surface area contributed by atoms with Crippen LogP contribution in [0.15, 0.2) is 18.2 Å². The molecule has 1 aliphatic heterocycles. The Morgan fingerprint density at radius 3 is 2.76 bits per heavy atom. The van der Waals surface area contributed by atoms with Crippen molar-refractivity contribution in [3.05, 3.63) is 23.9 Å². The molecule has 7 nitrogen and oxygen atoms in total. The van der Waals surface area contributed by atoms with Crippen LogP contribution in [0.5, 0.6) is 0 Å². The second kappa shape index (κ2) is 7.70. The summed E-state index contributed by atoms with van der Waals surface area (Å²) in [6.07, 6.45) is 0. The van der Waals surface area contributed by atoms with Crippen LogP contribution in [0.1, 0.15) is 5.69 Å². The number of hydrogen-bond acceptors (Lipinski definition) is 5. The highest BCUT2D eigenvalue weighted by atomic mass is 16.2. The summed E-state index contributed by atoms with van der Waals surface area (Å²) >= 11 is 0. The van der Waals surface area contributed by atoms with E-state index in [4.69, 9.17) is 0 Å². The number of rotatable bonds is 4. The summed E-state index contributed by atoms with van der Waals surface area (Å²) in [7, 11) is 0. The third-order valence-electron chi connectivity index (χ3n) is 3.26. The van der Waals surface area contributed by atoms with Gasteiger partial charge in [-0.3, -0.25) is 14.5 Å². The first-order valence-corrected chi connectivity index (χ1v) is 7.11. The highest BCUT2D eigenvalue weighted by molar-refractivity contribution is 6.39. The van der Waals surface area contributed by atoms with Crippen molar-refractivity contribution in [1.29, 1.82) is 0 Å². The second-order valence-corrected chi connectivity index (χ2v) is 4.97. The molecule has 0 saturated carbocycles. The number of amides is 2. The van der Waals surface area contributed by atoms with Crippen LogP contribution < -0.4 is 16.0 Å². The normalized spacial score (nSPS) is 15.5. The van der Waals surface area contributed by atoms with E-state index >= 15 is 0 Å². The molecule has 21 heavy (non-hydrogen) atoms. The van der Waals surface area contributed by atoms with Gasteiger partial charge in [0.1, 0.15) is 5.82 Å². The molecule has 2 heterocycles. The van der Waals surface area contributed by atoms with Gasteiger partial charge in [0.05, 0.1) is 0 Å².